The highest BCUT2D eigenvalue weighted by Crippen LogP contribution is 2.19. The van der Waals surface area contributed by atoms with Crippen molar-refractivity contribution in [2.45, 2.75) is 19.4 Å². The van der Waals surface area contributed by atoms with Gasteiger partial charge in [0.1, 0.15) is 12.4 Å². The minimum absolute atomic E-state index is 0.200. The molecule has 0 bridgehead atoms. The van der Waals surface area contributed by atoms with Crippen LogP contribution in [0.5, 0.6) is 0 Å². The largest absolute Gasteiger partial charge is 0.457 e. The number of aromatic nitrogens is 1. The molecule has 0 unspecified atom stereocenters. The summed E-state index contributed by atoms with van der Waals surface area (Å²) in [7, 11) is 0. The average Bonchev–Trinajstić information content (AvgIpc) is 3.33. The Labute approximate surface area is 175 Å². The van der Waals surface area contributed by atoms with Crippen LogP contribution in [0.4, 0.5) is 11.5 Å². The van der Waals surface area contributed by atoms with Gasteiger partial charge in [0, 0.05) is 25.0 Å². The smallest absolute Gasteiger partial charge is 0.338 e. The molecule has 4 rings (SSSR count). The molecule has 1 N–H and O–H groups in total. The molecule has 1 fully saturated rings. The molecule has 2 aromatic carbocycles. The highest BCUT2D eigenvalue weighted by Gasteiger charge is 2.15. The lowest BCUT2D eigenvalue weighted by molar-refractivity contribution is 0.0472. The SMILES string of the molecule is O=C(Nc1cccc(C(=O)OCc2ccccc2)c1)c1ccc(N2CCCC2)nc1. The van der Waals surface area contributed by atoms with Gasteiger partial charge in [0.05, 0.1) is 11.1 Å². The van der Waals surface area contributed by atoms with Crippen LogP contribution in [0, 0.1) is 0 Å². The first-order valence-electron chi connectivity index (χ1n) is 10.0. The summed E-state index contributed by atoms with van der Waals surface area (Å²) in [4.78, 5) is 31.5. The molecule has 6 nitrogen and oxygen atoms in total. The number of hydrogen-bond donors (Lipinski definition) is 1. The zero-order valence-corrected chi connectivity index (χ0v) is 16.6. The van der Waals surface area contributed by atoms with E-state index in [1.807, 2.05) is 36.4 Å². The molecule has 0 aliphatic carbocycles. The summed E-state index contributed by atoms with van der Waals surface area (Å²) in [5, 5.41) is 2.82. The molecular formula is C24H23N3O3. The van der Waals surface area contributed by atoms with Gasteiger partial charge in [-0.05, 0) is 48.7 Å². The first-order chi connectivity index (χ1) is 14.7. The van der Waals surface area contributed by atoms with Crippen LogP contribution in [0.15, 0.2) is 72.9 Å². The van der Waals surface area contributed by atoms with Crippen molar-refractivity contribution in [3.8, 4) is 0 Å². The van der Waals surface area contributed by atoms with Gasteiger partial charge < -0.3 is 15.0 Å². The fourth-order valence-corrected chi connectivity index (χ4v) is 3.39. The van der Waals surface area contributed by atoms with E-state index >= 15 is 0 Å². The van der Waals surface area contributed by atoms with Gasteiger partial charge in [0.2, 0.25) is 0 Å². The number of nitrogens with zero attached hydrogens (tertiary/aromatic N) is 2. The summed E-state index contributed by atoms with van der Waals surface area (Å²) >= 11 is 0. The van der Waals surface area contributed by atoms with Gasteiger partial charge in [-0.2, -0.15) is 0 Å². The van der Waals surface area contributed by atoms with E-state index in [4.69, 9.17) is 4.74 Å². The standard InChI is InChI=1S/C24H23N3O3/c28-23(20-11-12-22(25-16-20)27-13-4-5-14-27)26-21-10-6-9-19(15-21)24(29)30-17-18-7-2-1-3-8-18/h1-3,6-12,15-16H,4-5,13-14,17H2,(H,26,28). The topological polar surface area (TPSA) is 71.5 Å². The first-order valence-corrected chi connectivity index (χ1v) is 10.0. The Kier molecular flexibility index (Phi) is 6.03. The van der Waals surface area contributed by atoms with Gasteiger partial charge in [-0.3, -0.25) is 4.79 Å². The number of anilines is 2. The molecule has 152 valence electrons. The Morgan fingerprint density at radius 3 is 2.47 bits per heavy atom. The molecule has 3 aromatic rings. The molecule has 1 aromatic heterocycles. The number of nitrogens with one attached hydrogen (secondary N) is 1. The lowest BCUT2D eigenvalue weighted by Gasteiger charge is -2.16. The maximum atomic E-state index is 12.6. The molecule has 30 heavy (non-hydrogen) atoms. The third-order valence-electron chi connectivity index (χ3n) is 5.01. The number of ether oxygens (including phenoxy) is 1. The molecule has 1 saturated heterocycles. The summed E-state index contributed by atoms with van der Waals surface area (Å²) in [6, 6.07) is 19.9. The van der Waals surface area contributed by atoms with Crippen molar-refractivity contribution in [1.29, 1.82) is 0 Å². The van der Waals surface area contributed by atoms with Crippen molar-refractivity contribution in [2.24, 2.45) is 0 Å². The summed E-state index contributed by atoms with van der Waals surface area (Å²) < 4.78 is 5.35. The predicted octanol–water partition coefficient (Wildman–Crippen LogP) is 4.29. The van der Waals surface area contributed by atoms with Crippen molar-refractivity contribution in [3.05, 3.63) is 89.6 Å². The molecule has 6 heteroatoms. The van der Waals surface area contributed by atoms with Gasteiger partial charge >= 0.3 is 5.97 Å². The van der Waals surface area contributed by atoms with Crippen LogP contribution in [0.25, 0.3) is 0 Å². The number of pyridine rings is 1. The van der Waals surface area contributed by atoms with Crippen molar-refractivity contribution in [1.82, 2.24) is 4.98 Å². The van der Waals surface area contributed by atoms with Crippen LogP contribution in [0.3, 0.4) is 0 Å². The van der Waals surface area contributed by atoms with E-state index in [0.29, 0.717) is 16.8 Å². The van der Waals surface area contributed by atoms with E-state index < -0.39 is 5.97 Å². The van der Waals surface area contributed by atoms with Crippen LogP contribution >= 0.6 is 0 Å². The van der Waals surface area contributed by atoms with E-state index in [2.05, 4.69) is 15.2 Å². The summed E-state index contributed by atoms with van der Waals surface area (Å²) in [5.41, 5.74) is 2.29. The quantitative estimate of drug-likeness (QED) is 0.624. The van der Waals surface area contributed by atoms with Crippen LogP contribution in [0.1, 0.15) is 39.1 Å². The number of benzene rings is 2. The lowest BCUT2D eigenvalue weighted by atomic mass is 10.2. The van der Waals surface area contributed by atoms with Crippen LogP contribution in [0.2, 0.25) is 0 Å². The Hall–Kier alpha value is -3.67. The number of carbonyl (C=O) groups is 2. The van der Waals surface area contributed by atoms with Gasteiger partial charge in [0.15, 0.2) is 0 Å². The second-order valence-corrected chi connectivity index (χ2v) is 7.20. The second kappa shape index (κ2) is 9.22. The molecule has 1 amide bonds. The molecular weight excluding hydrogens is 378 g/mol. The third-order valence-corrected chi connectivity index (χ3v) is 5.01. The maximum Gasteiger partial charge on any atom is 0.338 e. The number of hydrogen-bond acceptors (Lipinski definition) is 5. The van der Waals surface area contributed by atoms with Crippen LogP contribution in [-0.2, 0) is 11.3 Å². The highest BCUT2D eigenvalue weighted by atomic mass is 16.5. The normalized spacial score (nSPS) is 13.1. The lowest BCUT2D eigenvalue weighted by Crippen LogP contribution is -2.19. The van der Waals surface area contributed by atoms with Crippen molar-refractivity contribution in [3.63, 3.8) is 0 Å². The van der Waals surface area contributed by atoms with E-state index in [-0.39, 0.29) is 12.5 Å². The minimum atomic E-state index is -0.438. The van der Waals surface area contributed by atoms with Gasteiger partial charge in [-0.15, -0.1) is 0 Å². The molecule has 1 aliphatic rings. The van der Waals surface area contributed by atoms with Gasteiger partial charge in [-0.25, -0.2) is 9.78 Å². The fraction of sp³-hybridized carbons (Fsp3) is 0.208. The van der Waals surface area contributed by atoms with Crippen LogP contribution in [-0.4, -0.2) is 29.9 Å². The van der Waals surface area contributed by atoms with Crippen molar-refractivity contribution >= 4 is 23.4 Å². The monoisotopic (exact) mass is 401 g/mol. The summed E-state index contributed by atoms with van der Waals surface area (Å²) in [6.45, 7) is 2.21. The first kappa shape index (κ1) is 19.6. The zero-order valence-electron chi connectivity index (χ0n) is 16.6. The van der Waals surface area contributed by atoms with Crippen LogP contribution < -0.4 is 10.2 Å². The molecule has 0 atom stereocenters. The van der Waals surface area contributed by atoms with Crippen molar-refractivity contribution < 1.29 is 14.3 Å². The van der Waals surface area contributed by atoms with Gasteiger partial charge in [0.25, 0.3) is 5.91 Å². The number of amides is 1. The minimum Gasteiger partial charge on any atom is -0.457 e. The molecule has 0 radical (unpaired) electrons. The van der Waals surface area contributed by atoms with E-state index in [1.165, 1.54) is 12.8 Å². The molecule has 0 saturated carbocycles. The Bertz CT molecular complexity index is 1010. The highest BCUT2D eigenvalue weighted by molar-refractivity contribution is 6.04. The second-order valence-electron chi connectivity index (χ2n) is 7.20. The third kappa shape index (κ3) is 4.84. The fourth-order valence-electron chi connectivity index (χ4n) is 3.39. The molecule has 0 spiro atoms. The van der Waals surface area contributed by atoms with E-state index in [1.54, 1.807) is 36.5 Å². The summed E-state index contributed by atoms with van der Waals surface area (Å²) in [6.07, 6.45) is 3.93. The average molecular weight is 401 g/mol. The zero-order chi connectivity index (χ0) is 20.8. The Morgan fingerprint density at radius 1 is 0.933 bits per heavy atom. The number of rotatable bonds is 6. The molecule has 1 aliphatic heterocycles. The predicted molar refractivity (Wildman–Crippen MR) is 116 cm³/mol. The summed E-state index contributed by atoms with van der Waals surface area (Å²) in [5.74, 6) is 0.184. The maximum absolute atomic E-state index is 12.6. The van der Waals surface area contributed by atoms with E-state index in [0.717, 1.165) is 24.5 Å². The number of esters is 1. The van der Waals surface area contributed by atoms with Gasteiger partial charge in [-0.1, -0.05) is 36.4 Å². The molecule has 2 heterocycles. The Balaban J connectivity index is 1.37. The Morgan fingerprint density at radius 2 is 1.73 bits per heavy atom. The number of carbonyl (C=O) groups excluding carboxylic acids is 2. The van der Waals surface area contributed by atoms with E-state index in [9.17, 15) is 9.59 Å². The van der Waals surface area contributed by atoms with Crippen molar-refractivity contribution in [2.75, 3.05) is 23.3 Å².